The second-order valence-corrected chi connectivity index (χ2v) is 5.79. The smallest absolute Gasteiger partial charge is 0.267 e. The fraction of sp³-hybridized carbons (Fsp3) is 0.133. The molecule has 2 aromatic rings. The first-order valence-electron chi connectivity index (χ1n) is 5.97. The van der Waals surface area contributed by atoms with Crippen molar-refractivity contribution in [2.75, 3.05) is 19.0 Å². The van der Waals surface area contributed by atoms with E-state index in [2.05, 4.69) is 33.1 Å². The van der Waals surface area contributed by atoms with Crippen molar-refractivity contribution in [1.82, 2.24) is 0 Å². The van der Waals surface area contributed by atoms with E-state index < -0.39 is 0 Å². The lowest BCUT2D eigenvalue weighted by atomic mass is 10.2. The van der Waals surface area contributed by atoms with Gasteiger partial charge in [-0.15, -0.1) is 11.3 Å². The van der Waals surface area contributed by atoms with Crippen LogP contribution in [-0.4, -0.2) is 24.7 Å². The quantitative estimate of drug-likeness (QED) is 0.821. The van der Waals surface area contributed by atoms with Crippen LogP contribution in [0.2, 0.25) is 0 Å². The van der Waals surface area contributed by atoms with E-state index in [0.717, 1.165) is 4.47 Å². The third-order valence-electron chi connectivity index (χ3n) is 2.54. The number of rotatable bonds is 3. The summed E-state index contributed by atoms with van der Waals surface area (Å²) in [4.78, 5) is 12.8. The normalized spacial score (nSPS) is 9.67. The number of carbonyl (C=O) groups excluding carboxylic acids is 1. The average Bonchev–Trinajstić information content (AvgIpc) is 2.92. The van der Waals surface area contributed by atoms with Crippen LogP contribution in [0.4, 0.5) is 5.69 Å². The molecule has 0 aliphatic heterocycles. The first-order valence-corrected chi connectivity index (χ1v) is 7.64. The topological polar surface area (TPSA) is 58.6 Å². The van der Waals surface area contributed by atoms with E-state index in [1.54, 1.807) is 36.8 Å². The maximum absolute atomic E-state index is 12.3. The molecule has 0 spiro atoms. The maximum atomic E-state index is 12.3. The number of halogens is 1. The van der Waals surface area contributed by atoms with E-state index in [1.807, 2.05) is 0 Å². The third kappa shape index (κ3) is 4.08. The summed E-state index contributed by atoms with van der Waals surface area (Å²) in [6, 6.07) is 7.07. The van der Waals surface area contributed by atoms with Crippen molar-refractivity contribution in [2.24, 2.45) is 0 Å². The minimum Gasteiger partial charge on any atom is -0.497 e. The first kappa shape index (κ1) is 15.6. The van der Waals surface area contributed by atoms with Gasteiger partial charge in [0.25, 0.3) is 5.91 Å². The van der Waals surface area contributed by atoms with Crippen LogP contribution in [0, 0.1) is 11.8 Å². The Balaban J connectivity index is 2.22. The van der Waals surface area contributed by atoms with Gasteiger partial charge in [0.15, 0.2) is 0 Å². The van der Waals surface area contributed by atoms with Gasteiger partial charge in [-0.3, -0.25) is 4.79 Å². The Morgan fingerprint density at radius 2 is 2.29 bits per heavy atom. The molecule has 2 rings (SSSR count). The highest BCUT2D eigenvalue weighted by molar-refractivity contribution is 9.10. The monoisotopic (exact) mass is 365 g/mol. The Morgan fingerprint density at radius 3 is 3.00 bits per heavy atom. The lowest BCUT2D eigenvalue weighted by molar-refractivity contribution is 0.103. The molecule has 1 amide bonds. The zero-order chi connectivity index (χ0) is 15.2. The number of hydrogen-bond donors (Lipinski definition) is 2. The number of carbonyl (C=O) groups is 1. The fourth-order valence-electron chi connectivity index (χ4n) is 1.66. The summed E-state index contributed by atoms with van der Waals surface area (Å²) in [7, 11) is 1.56. The number of anilines is 1. The summed E-state index contributed by atoms with van der Waals surface area (Å²) in [6.45, 7) is -0.236. The molecule has 0 saturated carbocycles. The van der Waals surface area contributed by atoms with Crippen molar-refractivity contribution in [3.05, 3.63) is 44.6 Å². The first-order chi connectivity index (χ1) is 10.1. The number of nitrogens with one attached hydrogen (secondary N) is 1. The number of ether oxygens (including phenoxy) is 1. The van der Waals surface area contributed by atoms with E-state index in [-0.39, 0.29) is 12.5 Å². The summed E-state index contributed by atoms with van der Waals surface area (Å²) in [6.07, 6.45) is 0. The highest BCUT2D eigenvalue weighted by Gasteiger charge is 2.13. The van der Waals surface area contributed by atoms with Crippen LogP contribution in [0.25, 0.3) is 0 Å². The Bertz CT molecular complexity index is 715. The summed E-state index contributed by atoms with van der Waals surface area (Å²) in [5.41, 5.74) is 1.23. The van der Waals surface area contributed by atoms with Crippen LogP contribution < -0.4 is 10.1 Å². The molecule has 1 aromatic heterocycles. The van der Waals surface area contributed by atoms with Crippen molar-refractivity contribution in [3.63, 3.8) is 0 Å². The second-order valence-electron chi connectivity index (χ2n) is 3.96. The van der Waals surface area contributed by atoms with Gasteiger partial charge in [-0.05, 0) is 23.6 Å². The average molecular weight is 366 g/mol. The van der Waals surface area contributed by atoms with E-state index in [4.69, 9.17) is 9.84 Å². The molecule has 0 radical (unpaired) electrons. The van der Waals surface area contributed by atoms with Crippen LogP contribution >= 0.6 is 27.3 Å². The Hall–Kier alpha value is -1.81. The SMILES string of the molecule is COc1cc(Br)cc(NC(=O)c2sccc2C#CCO)c1. The van der Waals surface area contributed by atoms with Gasteiger partial charge in [0.05, 0.1) is 7.11 Å². The van der Waals surface area contributed by atoms with Gasteiger partial charge in [0.1, 0.15) is 17.2 Å². The highest BCUT2D eigenvalue weighted by atomic mass is 79.9. The van der Waals surface area contributed by atoms with E-state index >= 15 is 0 Å². The lowest BCUT2D eigenvalue weighted by Crippen LogP contribution is -2.11. The predicted octanol–water partition coefficient (Wildman–Crippen LogP) is 3.12. The number of methoxy groups -OCH3 is 1. The zero-order valence-corrected chi connectivity index (χ0v) is 13.5. The fourth-order valence-corrected chi connectivity index (χ4v) is 2.88. The largest absolute Gasteiger partial charge is 0.497 e. The van der Waals surface area contributed by atoms with Crippen molar-refractivity contribution in [3.8, 4) is 17.6 Å². The Labute approximate surface area is 134 Å². The van der Waals surface area contributed by atoms with E-state index in [9.17, 15) is 4.79 Å². The number of thiophene rings is 1. The molecule has 1 aromatic carbocycles. The standard InChI is InChI=1S/C15H12BrNO3S/c1-20-13-8-11(16)7-12(9-13)17-15(19)14-10(3-2-5-18)4-6-21-14/h4,6-9,18H,5H2,1H3,(H,17,19). The molecule has 0 aliphatic carbocycles. The van der Waals surface area contributed by atoms with Gasteiger partial charge < -0.3 is 15.2 Å². The molecule has 0 fully saturated rings. The summed E-state index contributed by atoms with van der Waals surface area (Å²) < 4.78 is 5.96. The van der Waals surface area contributed by atoms with Gasteiger partial charge in [-0.25, -0.2) is 0 Å². The summed E-state index contributed by atoms with van der Waals surface area (Å²) in [5.74, 6) is 5.70. The highest BCUT2D eigenvalue weighted by Crippen LogP contribution is 2.25. The minimum atomic E-state index is -0.243. The van der Waals surface area contributed by atoms with E-state index in [1.165, 1.54) is 11.3 Å². The minimum absolute atomic E-state index is 0.236. The number of aliphatic hydroxyl groups excluding tert-OH is 1. The summed E-state index contributed by atoms with van der Waals surface area (Å²) in [5, 5.41) is 13.3. The van der Waals surface area contributed by atoms with E-state index in [0.29, 0.717) is 21.9 Å². The number of amides is 1. The lowest BCUT2D eigenvalue weighted by Gasteiger charge is -2.07. The second kappa shape index (κ2) is 7.27. The molecule has 0 unspecified atom stereocenters. The molecule has 4 nitrogen and oxygen atoms in total. The van der Waals surface area contributed by atoms with Gasteiger partial charge in [0, 0.05) is 21.8 Å². The van der Waals surface area contributed by atoms with Crippen molar-refractivity contribution in [2.45, 2.75) is 0 Å². The van der Waals surface area contributed by atoms with Crippen LogP contribution in [0.5, 0.6) is 5.75 Å². The molecule has 0 saturated heterocycles. The Morgan fingerprint density at radius 1 is 1.48 bits per heavy atom. The molecule has 1 heterocycles. The molecular weight excluding hydrogens is 354 g/mol. The zero-order valence-electron chi connectivity index (χ0n) is 11.1. The molecule has 108 valence electrons. The molecular formula is C15H12BrNO3S. The van der Waals surface area contributed by atoms with Gasteiger partial charge in [-0.1, -0.05) is 27.8 Å². The molecule has 21 heavy (non-hydrogen) atoms. The Kier molecular flexibility index (Phi) is 5.39. The van der Waals surface area contributed by atoms with Crippen LogP contribution in [-0.2, 0) is 0 Å². The van der Waals surface area contributed by atoms with Gasteiger partial charge >= 0.3 is 0 Å². The number of hydrogen-bond acceptors (Lipinski definition) is 4. The van der Waals surface area contributed by atoms with Crippen molar-refractivity contribution < 1.29 is 14.6 Å². The molecule has 6 heteroatoms. The van der Waals surface area contributed by atoms with Gasteiger partial charge in [0.2, 0.25) is 0 Å². The van der Waals surface area contributed by atoms with Gasteiger partial charge in [-0.2, -0.15) is 0 Å². The third-order valence-corrected chi connectivity index (χ3v) is 3.91. The van der Waals surface area contributed by atoms with Crippen LogP contribution in [0.1, 0.15) is 15.2 Å². The predicted molar refractivity (Wildman–Crippen MR) is 86.9 cm³/mol. The molecule has 0 bridgehead atoms. The summed E-state index contributed by atoms with van der Waals surface area (Å²) >= 11 is 4.66. The van der Waals surface area contributed by atoms with Crippen LogP contribution in [0.3, 0.4) is 0 Å². The van der Waals surface area contributed by atoms with Crippen molar-refractivity contribution in [1.29, 1.82) is 0 Å². The maximum Gasteiger partial charge on any atom is 0.267 e. The molecule has 0 aliphatic rings. The van der Waals surface area contributed by atoms with Crippen molar-refractivity contribution >= 4 is 38.9 Å². The molecule has 0 atom stereocenters. The van der Waals surface area contributed by atoms with Crippen LogP contribution in [0.15, 0.2) is 34.1 Å². The number of benzene rings is 1. The molecule has 2 N–H and O–H groups in total. The number of aliphatic hydroxyl groups is 1.